The van der Waals surface area contributed by atoms with Gasteiger partial charge in [0, 0.05) is 18.3 Å². The van der Waals surface area contributed by atoms with Crippen LogP contribution < -0.4 is 10.5 Å². The molecule has 1 saturated carbocycles. The molecule has 1 aromatic rings. The first kappa shape index (κ1) is 11.4. The number of hydrogen-bond acceptors (Lipinski definition) is 4. The molecular formula is C9H12FN3O2S. The highest BCUT2D eigenvalue weighted by Gasteiger charge is 2.45. The van der Waals surface area contributed by atoms with Crippen molar-refractivity contribution in [2.75, 3.05) is 6.54 Å². The minimum Gasteiger partial charge on any atom is -0.329 e. The third-order valence-electron chi connectivity index (χ3n) is 2.57. The third kappa shape index (κ3) is 2.06. The van der Waals surface area contributed by atoms with Gasteiger partial charge in [0.25, 0.3) is 10.0 Å². The van der Waals surface area contributed by atoms with E-state index in [0.717, 1.165) is 6.07 Å². The number of nitrogens with one attached hydrogen (secondary N) is 1. The number of aromatic nitrogens is 1. The molecule has 0 radical (unpaired) electrons. The first-order chi connectivity index (χ1) is 7.49. The maximum Gasteiger partial charge on any atom is 0.261 e. The molecule has 1 fully saturated rings. The van der Waals surface area contributed by atoms with E-state index in [9.17, 15) is 12.8 Å². The van der Waals surface area contributed by atoms with Crippen LogP contribution in [0.4, 0.5) is 4.39 Å². The highest BCUT2D eigenvalue weighted by atomic mass is 32.2. The number of hydrogen-bond donors (Lipinski definition) is 2. The zero-order valence-corrected chi connectivity index (χ0v) is 9.30. The van der Waals surface area contributed by atoms with Gasteiger partial charge in [-0.15, -0.1) is 0 Å². The largest absolute Gasteiger partial charge is 0.329 e. The SMILES string of the molecule is NCC1(NS(=O)(=O)c2ncccc2F)CC1. The Balaban J connectivity index is 2.30. The molecule has 1 heterocycles. The van der Waals surface area contributed by atoms with Crippen molar-refractivity contribution < 1.29 is 12.8 Å². The van der Waals surface area contributed by atoms with Crippen LogP contribution >= 0.6 is 0 Å². The maximum absolute atomic E-state index is 13.3. The van der Waals surface area contributed by atoms with Crippen molar-refractivity contribution in [3.8, 4) is 0 Å². The Morgan fingerprint density at radius 2 is 2.25 bits per heavy atom. The van der Waals surface area contributed by atoms with Gasteiger partial charge >= 0.3 is 0 Å². The van der Waals surface area contributed by atoms with Gasteiger partial charge in [-0.05, 0) is 25.0 Å². The van der Waals surface area contributed by atoms with Crippen LogP contribution in [0.15, 0.2) is 23.4 Å². The first-order valence-corrected chi connectivity index (χ1v) is 6.32. The summed E-state index contributed by atoms with van der Waals surface area (Å²) < 4.78 is 39.3. The third-order valence-corrected chi connectivity index (χ3v) is 4.09. The van der Waals surface area contributed by atoms with Gasteiger partial charge in [-0.25, -0.2) is 22.5 Å². The molecule has 2 rings (SSSR count). The van der Waals surface area contributed by atoms with Gasteiger partial charge in [0.1, 0.15) is 0 Å². The molecule has 3 N–H and O–H groups in total. The molecule has 0 unspecified atom stereocenters. The fourth-order valence-electron chi connectivity index (χ4n) is 1.40. The van der Waals surface area contributed by atoms with Crippen molar-refractivity contribution in [1.82, 2.24) is 9.71 Å². The Labute approximate surface area is 92.9 Å². The van der Waals surface area contributed by atoms with Crippen LogP contribution in [-0.2, 0) is 10.0 Å². The summed E-state index contributed by atoms with van der Waals surface area (Å²) >= 11 is 0. The van der Waals surface area contributed by atoms with E-state index in [0.29, 0.717) is 12.8 Å². The predicted octanol–water partition coefficient (Wildman–Crippen LogP) is -0.00970. The number of nitrogens with zero attached hydrogens (tertiary/aromatic N) is 1. The second kappa shape index (κ2) is 3.76. The van der Waals surface area contributed by atoms with E-state index < -0.39 is 26.4 Å². The Morgan fingerprint density at radius 1 is 1.56 bits per heavy atom. The lowest BCUT2D eigenvalue weighted by Crippen LogP contribution is -2.42. The van der Waals surface area contributed by atoms with Gasteiger partial charge in [-0.2, -0.15) is 0 Å². The summed E-state index contributed by atoms with van der Waals surface area (Å²) in [6.45, 7) is 0.209. The van der Waals surface area contributed by atoms with E-state index in [2.05, 4.69) is 9.71 Å². The molecule has 1 aromatic heterocycles. The van der Waals surface area contributed by atoms with E-state index in [1.807, 2.05) is 0 Å². The van der Waals surface area contributed by atoms with E-state index in [1.54, 1.807) is 0 Å². The molecule has 88 valence electrons. The molecule has 0 aliphatic heterocycles. The number of pyridine rings is 1. The van der Waals surface area contributed by atoms with Gasteiger partial charge < -0.3 is 5.73 Å². The van der Waals surface area contributed by atoms with Gasteiger partial charge in [0.2, 0.25) is 5.03 Å². The molecule has 0 saturated heterocycles. The molecule has 5 nitrogen and oxygen atoms in total. The van der Waals surface area contributed by atoms with Crippen LogP contribution in [0.25, 0.3) is 0 Å². The van der Waals surface area contributed by atoms with Crippen molar-refractivity contribution >= 4 is 10.0 Å². The van der Waals surface area contributed by atoms with E-state index >= 15 is 0 Å². The Bertz CT molecular complexity index is 499. The van der Waals surface area contributed by atoms with E-state index in [4.69, 9.17) is 5.73 Å². The monoisotopic (exact) mass is 245 g/mol. The number of halogens is 1. The Hall–Kier alpha value is -1.05. The summed E-state index contributed by atoms with van der Waals surface area (Å²) in [4.78, 5) is 3.53. The normalized spacial score (nSPS) is 18.4. The number of nitrogens with two attached hydrogens (primary N) is 1. The molecule has 0 bridgehead atoms. The van der Waals surface area contributed by atoms with E-state index in [-0.39, 0.29) is 6.54 Å². The predicted molar refractivity (Wildman–Crippen MR) is 55.5 cm³/mol. The second-order valence-electron chi connectivity index (χ2n) is 3.88. The van der Waals surface area contributed by atoms with Crippen molar-refractivity contribution in [3.05, 3.63) is 24.1 Å². The quantitative estimate of drug-likeness (QED) is 0.781. The van der Waals surface area contributed by atoms with Crippen LogP contribution in [0.5, 0.6) is 0 Å². The fourth-order valence-corrected chi connectivity index (χ4v) is 2.88. The molecule has 0 aromatic carbocycles. The van der Waals surface area contributed by atoms with Gasteiger partial charge in [-0.3, -0.25) is 0 Å². The van der Waals surface area contributed by atoms with Crippen LogP contribution in [-0.4, -0.2) is 25.5 Å². The van der Waals surface area contributed by atoms with E-state index in [1.165, 1.54) is 12.3 Å². The molecule has 0 spiro atoms. The summed E-state index contributed by atoms with van der Waals surface area (Å²) in [6, 6.07) is 2.40. The lowest BCUT2D eigenvalue weighted by molar-refractivity contribution is 0.522. The smallest absolute Gasteiger partial charge is 0.261 e. The molecular weight excluding hydrogens is 233 g/mol. The van der Waals surface area contributed by atoms with Crippen LogP contribution in [0, 0.1) is 5.82 Å². The summed E-state index contributed by atoms with van der Waals surface area (Å²) in [6.07, 6.45) is 2.59. The zero-order valence-electron chi connectivity index (χ0n) is 8.48. The second-order valence-corrected chi connectivity index (χ2v) is 5.48. The number of rotatable bonds is 4. The summed E-state index contributed by atoms with van der Waals surface area (Å²) in [7, 11) is -3.91. The molecule has 1 aliphatic carbocycles. The lowest BCUT2D eigenvalue weighted by atomic mass is 10.3. The standard InChI is InChI=1S/C9H12FN3O2S/c10-7-2-1-5-12-8(7)16(14,15)13-9(6-11)3-4-9/h1-2,5,13H,3-4,6,11H2. The Morgan fingerprint density at radius 3 is 2.75 bits per heavy atom. The lowest BCUT2D eigenvalue weighted by Gasteiger charge is -2.14. The summed E-state index contributed by atoms with van der Waals surface area (Å²) in [5, 5.41) is -0.574. The van der Waals surface area contributed by atoms with Crippen molar-refractivity contribution in [2.24, 2.45) is 5.73 Å². The van der Waals surface area contributed by atoms with Crippen molar-refractivity contribution in [1.29, 1.82) is 0 Å². The van der Waals surface area contributed by atoms with Gasteiger partial charge in [-0.1, -0.05) is 0 Å². The average molecular weight is 245 g/mol. The van der Waals surface area contributed by atoms with Gasteiger partial charge in [0.15, 0.2) is 5.82 Å². The van der Waals surface area contributed by atoms with Crippen LogP contribution in [0.3, 0.4) is 0 Å². The zero-order chi connectivity index (χ0) is 11.8. The molecule has 1 aliphatic rings. The fraction of sp³-hybridized carbons (Fsp3) is 0.444. The molecule has 16 heavy (non-hydrogen) atoms. The topological polar surface area (TPSA) is 85.1 Å². The molecule has 0 atom stereocenters. The van der Waals surface area contributed by atoms with Crippen LogP contribution in [0.1, 0.15) is 12.8 Å². The summed E-state index contributed by atoms with van der Waals surface area (Å²) in [5.74, 6) is -0.858. The average Bonchev–Trinajstić information content (AvgIpc) is 2.98. The first-order valence-electron chi connectivity index (χ1n) is 4.84. The Kier molecular flexibility index (Phi) is 2.69. The highest BCUT2D eigenvalue weighted by Crippen LogP contribution is 2.35. The van der Waals surface area contributed by atoms with Crippen molar-refractivity contribution in [2.45, 2.75) is 23.4 Å². The highest BCUT2D eigenvalue weighted by molar-refractivity contribution is 7.89. The van der Waals surface area contributed by atoms with Crippen LogP contribution in [0.2, 0.25) is 0 Å². The number of sulfonamides is 1. The minimum atomic E-state index is -3.91. The van der Waals surface area contributed by atoms with Crippen molar-refractivity contribution in [3.63, 3.8) is 0 Å². The maximum atomic E-state index is 13.3. The summed E-state index contributed by atoms with van der Waals surface area (Å²) in [5.41, 5.74) is 4.86. The molecule has 7 heteroatoms. The minimum absolute atomic E-state index is 0.209. The van der Waals surface area contributed by atoms with Gasteiger partial charge in [0.05, 0.1) is 0 Å². The molecule has 0 amide bonds.